The molecule has 1 aromatic heterocycles. The third kappa shape index (κ3) is 5.84. The molecule has 0 bridgehead atoms. The van der Waals surface area contributed by atoms with Crippen molar-refractivity contribution in [2.45, 2.75) is 45.6 Å². The van der Waals surface area contributed by atoms with Gasteiger partial charge in [0.15, 0.2) is 5.96 Å². The van der Waals surface area contributed by atoms with E-state index in [4.69, 9.17) is 4.99 Å². The van der Waals surface area contributed by atoms with Gasteiger partial charge in [0.25, 0.3) is 0 Å². The van der Waals surface area contributed by atoms with Crippen LogP contribution in [0.3, 0.4) is 0 Å². The average Bonchev–Trinajstić information content (AvgIpc) is 3.35. The zero-order valence-corrected chi connectivity index (χ0v) is 16.4. The predicted molar refractivity (Wildman–Crippen MR) is 109 cm³/mol. The number of hydrogen-bond acceptors (Lipinski definition) is 4. The summed E-state index contributed by atoms with van der Waals surface area (Å²) in [5.41, 5.74) is 1.17. The van der Waals surface area contributed by atoms with Crippen LogP contribution in [0.25, 0.3) is 0 Å². The Morgan fingerprint density at radius 2 is 2.07 bits per heavy atom. The van der Waals surface area contributed by atoms with Gasteiger partial charge in [-0.1, -0.05) is 0 Å². The van der Waals surface area contributed by atoms with Crippen LogP contribution < -0.4 is 15.5 Å². The van der Waals surface area contributed by atoms with Gasteiger partial charge in [-0.3, -0.25) is 4.79 Å². The van der Waals surface area contributed by atoms with Gasteiger partial charge in [0.05, 0.1) is 6.54 Å². The number of carbonyl (C=O) groups is 1. The van der Waals surface area contributed by atoms with E-state index in [2.05, 4.69) is 33.5 Å². The summed E-state index contributed by atoms with van der Waals surface area (Å²) >= 11 is 0. The fourth-order valence-corrected chi connectivity index (χ4v) is 3.61. The van der Waals surface area contributed by atoms with Gasteiger partial charge in [-0.05, 0) is 50.3 Å². The lowest BCUT2D eigenvalue weighted by Gasteiger charge is -2.17. The number of hydrogen-bond donors (Lipinski definition) is 2. The summed E-state index contributed by atoms with van der Waals surface area (Å²) in [7, 11) is 0. The fraction of sp³-hybridized carbons (Fsp3) is 0.650. The van der Waals surface area contributed by atoms with Gasteiger partial charge in [0.1, 0.15) is 5.82 Å². The number of aromatic nitrogens is 1. The van der Waals surface area contributed by atoms with Crippen molar-refractivity contribution in [3.8, 4) is 0 Å². The van der Waals surface area contributed by atoms with Crippen molar-refractivity contribution >= 4 is 17.7 Å². The first-order valence-corrected chi connectivity index (χ1v) is 10.3. The Morgan fingerprint density at radius 3 is 2.81 bits per heavy atom. The van der Waals surface area contributed by atoms with E-state index in [0.29, 0.717) is 18.9 Å². The Bertz CT molecular complexity index is 641. The van der Waals surface area contributed by atoms with Crippen LogP contribution in [-0.2, 0) is 11.3 Å². The van der Waals surface area contributed by atoms with E-state index in [-0.39, 0.29) is 0 Å². The number of likely N-dealkylation sites (tertiary alicyclic amines) is 1. The molecule has 7 nitrogen and oxygen atoms in total. The van der Waals surface area contributed by atoms with Crippen molar-refractivity contribution in [1.29, 1.82) is 0 Å². The molecule has 0 aliphatic carbocycles. The number of rotatable bonds is 8. The normalized spacial score (nSPS) is 17.7. The molecule has 1 aromatic rings. The van der Waals surface area contributed by atoms with E-state index < -0.39 is 0 Å². The van der Waals surface area contributed by atoms with Gasteiger partial charge in [-0.25, -0.2) is 9.98 Å². The standard InChI is InChI=1S/C20H32N6O/c1-2-21-20(23-9-6-14-26-13-5-7-19(26)27)24-16-17-8-10-22-18(15-17)25-11-3-4-12-25/h8,10,15H,2-7,9,11-14,16H2,1H3,(H2,21,23,24). The van der Waals surface area contributed by atoms with Gasteiger partial charge in [-0.15, -0.1) is 0 Å². The summed E-state index contributed by atoms with van der Waals surface area (Å²) in [6.45, 7) is 8.27. The SMILES string of the molecule is CCNC(=NCc1ccnc(N2CCCC2)c1)NCCCN1CCCC1=O. The Morgan fingerprint density at radius 1 is 1.22 bits per heavy atom. The third-order valence-corrected chi connectivity index (χ3v) is 5.07. The molecule has 0 aromatic carbocycles. The van der Waals surface area contributed by atoms with E-state index in [9.17, 15) is 4.79 Å². The summed E-state index contributed by atoms with van der Waals surface area (Å²) in [5.74, 6) is 2.18. The lowest BCUT2D eigenvalue weighted by molar-refractivity contribution is -0.127. The second-order valence-corrected chi connectivity index (χ2v) is 7.18. The second-order valence-electron chi connectivity index (χ2n) is 7.18. The van der Waals surface area contributed by atoms with Crippen LogP contribution >= 0.6 is 0 Å². The molecular weight excluding hydrogens is 340 g/mol. The lowest BCUT2D eigenvalue weighted by Crippen LogP contribution is -2.39. The van der Waals surface area contributed by atoms with Gasteiger partial charge in [0, 0.05) is 51.9 Å². The molecule has 0 spiro atoms. The van der Waals surface area contributed by atoms with Crippen molar-refractivity contribution in [2.75, 3.05) is 44.2 Å². The Hall–Kier alpha value is -2.31. The first-order chi connectivity index (χ1) is 13.3. The number of nitrogens with one attached hydrogen (secondary N) is 2. The fourth-order valence-electron chi connectivity index (χ4n) is 3.61. The lowest BCUT2D eigenvalue weighted by atomic mass is 10.2. The summed E-state index contributed by atoms with van der Waals surface area (Å²) in [6, 6.07) is 4.18. The van der Waals surface area contributed by atoms with Crippen LogP contribution in [0.15, 0.2) is 23.3 Å². The molecule has 3 rings (SSSR count). The highest BCUT2D eigenvalue weighted by atomic mass is 16.2. The monoisotopic (exact) mass is 372 g/mol. The molecule has 7 heteroatoms. The third-order valence-electron chi connectivity index (χ3n) is 5.07. The minimum Gasteiger partial charge on any atom is -0.357 e. The van der Waals surface area contributed by atoms with E-state index in [0.717, 1.165) is 63.9 Å². The van der Waals surface area contributed by atoms with Gasteiger partial charge < -0.3 is 20.4 Å². The van der Waals surface area contributed by atoms with Gasteiger partial charge >= 0.3 is 0 Å². The minimum atomic E-state index is 0.294. The van der Waals surface area contributed by atoms with Crippen LogP contribution in [0.1, 0.15) is 44.6 Å². The molecule has 2 N–H and O–H groups in total. The van der Waals surface area contributed by atoms with Crippen LogP contribution in [0, 0.1) is 0 Å². The number of aliphatic imine (C=N–C) groups is 1. The predicted octanol–water partition coefficient (Wildman–Crippen LogP) is 1.75. The quantitative estimate of drug-likeness (QED) is 0.413. The van der Waals surface area contributed by atoms with Crippen LogP contribution in [0.2, 0.25) is 0 Å². The van der Waals surface area contributed by atoms with Crippen molar-refractivity contribution in [1.82, 2.24) is 20.5 Å². The van der Waals surface area contributed by atoms with E-state index in [1.807, 2.05) is 17.2 Å². The summed E-state index contributed by atoms with van der Waals surface area (Å²) in [5, 5.41) is 6.67. The molecule has 2 aliphatic rings. The Balaban J connectivity index is 1.47. The smallest absolute Gasteiger partial charge is 0.222 e. The zero-order chi connectivity index (χ0) is 18.9. The minimum absolute atomic E-state index is 0.294. The van der Waals surface area contributed by atoms with Crippen LogP contribution in [-0.4, -0.2) is 61.0 Å². The number of pyridine rings is 1. The maximum Gasteiger partial charge on any atom is 0.222 e. The molecule has 27 heavy (non-hydrogen) atoms. The molecule has 2 aliphatic heterocycles. The molecule has 1 amide bonds. The molecule has 0 saturated carbocycles. The highest BCUT2D eigenvalue weighted by Crippen LogP contribution is 2.18. The van der Waals surface area contributed by atoms with Crippen molar-refractivity contribution < 1.29 is 4.79 Å². The van der Waals surface area contributed by atoms with Crippen LogP contribution in [0.4, 0.5) is 5.82 Å². The molecule has 148 valence electrons. The molecule has 3 heterocycles. The molecule has 0 atom stereocenters. The van der Waals surface area contributed by atoms with Crippen molar-refractivity contribution in [3.05, 3.63) is 23.9 Å². The zero-order valence-electron chi connectivity index (χ0n) is 16.4. The largest absolute Gasteiger partial charge is 0.357 e. The Labute approximate surface area is 162 Å². The summed E-state index contributed by atoms with van der Waals surface area (Å²) in [6.07, 6.45) is 7.03. The van der Waals surface area contributed by atoms with Gasteiger partial charge in [-0.2, -0.15) is 0 Å². The van der Waals surface area contributed by atoms with Gasteiger partial charge in [0.2, 0.25) is 5.91 Å². The molecule has 0 unspecified atom stereocenters. The highest BCUT2D eigenvalue weighted by molar-refractivity contribution is 5.79. The molecule has 0 radical (unpaired) electrons. The number of guanidine groups is 1. The first kappa shape index (κ1) is 19.5. The highest BCUT2D eigenvalue weighted by Gasteiger charge is 2.19. The molecule has 2 saturated heterocycles. The number of carbonyl (C=O) groups excluding carboxylic acids is 1. The molecule has 2 fully saturated rings. The topological polar surface area (TPSA) is 72.9 Å². The number of anilines is 1. The van der Waals surface area contributed by atoms with E-state index >= 15 is 0 Å². The number of nitrogens with zero attached hydrogens (tertiary/aromatic N) is 4. The van der Waals surface area contributed by atoms with Crippen LogP contribution in [0.5, 0.6) is 0 Å². The molecular formula is C20H32N6O. The van der Waals surface area contributed by atoms with Crippen molar-refractivity contribution in [2.24, 2.45) is 4.99 Å². The van der Waals surface area contributed by atoms with Crippen molar-refractivity contribution in [3.63, 3.8) is 0 Å². The maximum atomic E-state index is 11.6. The maximum absolute atomic E-state index is 11.6. The second kappa shape index (κ2) is 10.1. The van der Waals surface area contributed by atoms with E-state index in [1.54, 1.807) is 0 Å². The van der Waals surface area contributed by atoms with E-state index in [1.165, 1.54) is 18.4 Å². The Kier molecular flexibility index (Phi) is 7.30. The average molecular weight is 373 g/mol. The first-order valence-electron chi connectivity index (χ1n) is 10.3. The number of amides is 1. The summed E-state index contributed by atoms with van der Waals surface area (Å²) < 4.78 is 0. The summed E-state index contributed by atoms with van der Waals surface area (Å²) in [4.78, 5) is 25.2.